The Labute approximate surface area is 115 Å². The van der Waals surface area contributed by atoms with Gasteiger partial charge in [-0.25, -0.2) is 4.39 Å². The average molecular weight is 282 g/mol. The van der Waals surface area contributed by atoms with E-state index in [0.29, 0.717) is 17.5 Å². The third kappa shape index (κ3) is 3.70. The van der Waals surface area contributed by atoms with Gasteiger partial charge in [-0.1, -0.05) is 19.0 Å². The highest BCUT2D eigenvalue weighted by Crippen LogP contribution is 2.25. The minimum atomic E-state index is -0.579. The highest BCUT2D eigenvalue weighted by molar-refractivity contribution is 7.98. The molecular formula is C13H15FN2O2S. The van der Waals surface area contributed by atoms with Gasteiger partial charge in [0.05, 0.1) is 11.3 Å². The van der Waals surface area contributed by atoms with Crippen LogP contribution in [-0.2, 0) is 5.75 Å². The molecule has 0 bridgehead atoms. The predicted molar refractivity (Wildman–Crippen MR) is 72.4 cm³/mol. The van der Waals surface area contributed by atoms with Crippen LogP contribution < -0.4 is 0 Å². The zero-order valence-corrected chi connectivity index (χ0v) is 11.6. The van der Waals surface area contributed by atoms with Crippen LogP contribution in [0.5, 0.6) is 5.75 Å². The maximum absolute atomic E-state index is 13.6. The average Bonchev–Trinajstić information content (AvgIpc) is 2.77. The van der Waals surface area contributed by atoms with Crippen molar-refractivity contribution in [2.75, 3.05) is 5.75 Å². The molecule has 102 valence electrons. The molecule has 0 amide bonds. The fraction of sp³-hybridized carbons (Fsp3) is 0.385. The molecule has 1 N–H and O–H groups in total. The Morgan fingerprint density at radius 2 is 2.21 bits per heavy atom. The van der Waals surface area contributed by atoms with E-state index in [9.17, 15) is 4.39 Å². The molecule has 0 unspecified atom stereocenters. The van der Waals surface area contributed by atoms with Crippen molar-refractivity contribution in [3.8, 4) is 17.2 Å². The van der Waals surface area contributed by atoms with Gasteiger partial charge in [-0.15, -0.1) is 0 Å². The SMILES string of the molecule is CC(C)CSCc1noc(-c2ccc(O)cc2F)n1. The first-order valence-electron chi connectivity index (χ1n) is 5.95. The molecule has 2 aromatic rings. The van der Waals surface area contributed by atoms with E-state index in [2.05, 4.69) is 24.0 Å². The van der Waals surface area contributed by atoms with Gasteiger partial charge in [-0.2, -0.15) is 16.7 Å². The summed E-state index contributed by atoms with van der Waals surface area (Å²) in [5.74, 6) is 2.23. The number of aromatic hydroxyl groups is 1. The summed E-state index contributed by atoms with van der Waals surface area (Å²) < 4.78 is 18.6. The maximum Gasteiger partial charge on any atom is 0.260 e. The van der Waals surface area contributed by atoms with E-state index in [1.165, 1.54) is 12.1 Å². The van der Waals surface area contributed by atoms with Crippen molar-refractivity contribution in [1.82, 2.24) is 10.1 Å². The molecule has 0 aliphatic heterocycles. The Balaban J connectivity index is 2.08. The second-order valence-electron chi connectivity index (χ2n) is 4.59. The van der Waals surface area contributed by atoms with Crippen LogP contribution in [0.3, 0.4) is 0 Å². The first-order chi connectivity index (χ1) is 9.06. The van der Waals surface area contributed by atoms with Crippen LogP contribution in [0.25, 0.3) is 11.5 Å². The normalized spacial score (nSPS) is 11.2. The summed E-state index contributed by atoms with van der Waals surface area (Å²) in [5, 5.41) is 13.0. The lowest BCUT2D eigenvalue weighted by Gasteiger charge is -2.00. The third-order valence-electron chi connectivity index (χ3n) is 2.33. The molecule has 1 heterocycles. The number of benzene rings is 1. The molecule has 0 saturated heterocycles. The fourth-order valence-corrected chi connectivity index (χ4v) is 2.37. The summed E-state index contributed by atoms with van der Waals surface area (Å²) in [7, 11) is 0. The molecule has 0 aliphatic rings. The molecular weight excluding hydrogens is 267 g/mol. The highest BCUT2D eigenvalue weighted by Gasteiger charge is 2.13. The number of phenols is 1. The topological polar surface area (TPSA) is 59.2 Å². The van der Waals surface area contributed by atoms with Gasteiger partial charge in [-0.05, 0) is 23.8 Å². The molecule has 0 aliphatic carbocycles. The van der Waals surface area contributed by atoms with E-state index >= 15 is 0 Å². The van der Waals surface area contributed by atoms with Crippen LogP contribution in [0, 0.1) is 11.7 Å². The van der Waals surface area contributed by atoms with Gasteiger partial charge in [0.25, 0.3) is 5.89 Å². The summed E-state index contributed by atoms with van der Waals surface area (Å²) in [6, 6.07) is 3.83. The molecule has 0 fully saturated rings. The lowest BCUT2D eigenvalue weighted by atomic mass is 10.2. The summed E-state index contributed by atoms with van der Waals surface area (Å²) in [6.07, 6.45) is 0. The summed E-state index contributed by atoms with van der Waals surface area (Å²) in [5.41, 5.74) is 0.199. The number of halogens is 1. The summed E-state index contributed by atoms with van der Waals surface area (Å²) in [4.78, 5) is 4.15. The van der Waals surface area contributed by atoms with Crippen molar-refractivity contribution in [3.63, 3.8) is 0 Å². The lowest BCUT2D eigenvalue weighted by Crippen LogP contribution is -1.92. The van der Waals surface area contributed by atoms with Crippen LogP contribution >= 0.6 is 11.8 Å². The summed E-state index contributed by atoms with van der Waals surface area (Å²) in [6.45, 7) is 4.28. The van der Waals surface area contributed by atoms with Gasteiger partial charge in [0.2, 0.25) is 0 Å². The number of nitrogens with zero attached hydrogens (tertiary/aromatic N) is 2. The van der Waals surface area contributed by atoms with Crippen LogP contribution in [0.15, 0.2) is 22.7 Å². The first-order valence-corrected chi connectivity index (χ1v) is 7.11. The monoisotopic (exact) mass is 282 g/mol. The fourth-order valence-electron chi connectivity index (χ4n) is 1.49. The van der Waals surface area contributed by atoms with Gasteiger partial charge in [0, 0.05) is 6.07 Å². The number of hydrogen-bond acceptors (Lipinski definition) is 5. The largest absolute Gasteiger partial charge is 0.508 e. The Hall–Kier alpha value is -1.56. The molecule has 0 radical (unpaired) electrons. The smallest absolute Gasteiger partial charge is 0.260 e. The third-order valence-corrected chi connectivity index (χ3v) is 3.70. The number of aromatic nitrogens is 2. The predicted octanol–water partition coefficient (Wildman–Crippen LogP) is 3.47. The molecule has 1 aromatic heterocycles. The Morgan fingerprint density at radius 3 is 2.89 bits per heavy atom. The highest BCUT2D eigenvalue weighted by atomic mass is 32.2. The van der Waals surface area contributed by atoms with Crippen molar-refractivity contribution in [3.05, 3.63) is 29.8 Å². The molecule has 1 aromatic carbocycles. The van der Waals surface area contributed by atoms with E-state index in [4.69, 9.17) is 9.63 Å². The zero-order valence-electron chi connectivity index (χ0n) is 10.8. The molecule has 19 heavy (non-hydrogen) atoms. The number of rotatable bonds is 5. The van der Waals surface area contributed by atoms with Crippen molar-refractivity contribution in [2.45, 2.75) is 19.6 Å². The Bertz CT molecular complexity index is 557. The molecule has 0 atom stereocenters. The maximum atomic E-state index is 13.6. The quantitative estimate of drug-likeness (QED) is 0.910. The van der Waals surface area contributed by atoms with Crippen LogP contribution in [0.1, 0.15) is 19.7 Å². The second kappa shape index (κ2) is 6.06. The minimum Gasteiger partial charge on any atom is -0.508 e. The molecule has 0 saturated carbocycles. The van der Waals surface area contributed by atoms with E-state index in [1.54, 1.807) is 11.8 Å². The van der Waals surface area contributed by atoms with Gasteiger partial charge < -0.3 is 9.63 Å². The number of thioether (sulfide) groups is 1. The van der Waals surface area contributed by atoms with Gasteiger partial charge in [0.15, 0.2) is 5.82 Å². The number of hydrogen-bond donors (Lipinski definition) is 1. The van der Waals surface area contributed by atoms with E-state index in [1.807, 2.05) is 0 Å². The van der Waals surface area contributed by atoms with Crippen molar-refractivity contribution < 1.29 is 14.0 Å². The van der Waals surface area contributed by atoms with Crippen molar-refractivity contribution in [1.29, 1.82) is 0 Å². The lowest BCUT2D eigenvalue weighted by molar-refractivity contribution is 0.422. The standard InChI is InChI=1S/C13H15FN2O2S/c1-8(2)6-19-7-12-15-13(18-16-12)10-4-3-9(17)5-11(10)14/h3-5,8,17H,6-7H2,1-2H3. The van der Waals surface area contributed by atoms with E-state index in [-0.39, 0.29) is 17.2 Å². The van der Waals surface area contributed by atoms with Crippen LogP contribution in [0.4, 0.5) is 4.39 Å². The van der Waals surface area contributed by atoms with Gasteiger partial charge in [-0.3, -0.25) is 0 Å². The molecule has 6 heteroatoms. The second-order valence-corrected chi connectivity index (χ2v) is 5.62. The zero-order chi connectivity index (χ0) is 13.8. The number of phenolic OH excluding ortho intramolecular Hbond substituents is 1. The van der Waals surface area contributed by atoms with Gasteiger partial charge in [0.1, 0.15) is 11.6 Å². The summed E-state index contributed by atoms with van der Waals surface area (Å²) >= 11 is 1.71. The minimum absolute atomic E-state index is 0.131. The molecule has 2 rings (SSSR count). The van der Waals surface area contributed by atoms with Crippen LogP contribution in [0.2, 0.25) is 0 Å². The van der Waals surface area contributed by atoms with E-state index < -0.39 is 5.82 Å². The van der Waals surface area contributed by atoms with Crippen molar-refractivity contribution >= 4 is 11.8 Å². The Kier molecular flexibility index (Phi) is 4.42. The molecule has 4 nitrogen and oxygen atoms in total. The van der Waals surface area contributed by atoms with E-state index in [0.717, 1.165) is 11.8 Å². The molecule has 0 spiro atoms. The Morgan fingerprint density at radius 1 is 1.42 bits per heavy atom. The van der Waals surface area contributed by atoms with Crippen LogP contribution in [-0.4, -0.2) is 21.0 Å². The van der Waals surface area contributed by atoms with Gasteiger partial charge >= 0.3 is 0 Å². The van der Waals surface area contributed by atoms with Crippen molar-refractivity contribution in [2.24, 2.45) is 5.92 Å². The first kappa shape index (κ1) is 13.9.